The minimum Gasteiger partial charge on any atom is -0.473 e. The zero-order chi connectivity index (χ0) is 14.4. The molecular formula is C11H15N3O4S. The average Bonchev–Trinajstić information content (AvgIpc) is 2.76. The molecule has 19 heavy (non-hydrogen) atoms. The van der Waals surface area contributed by atoms with E-state index in [0.717, 1.165) is 30.3 Å². The number of rotatable bonds is 1. The fraction of sp³-hybridized carbons (Fsp3) is 0.455. The lowest BCUT2D eigenvalue weighted by Gasteiger charge is -2.21. The smallest absolute Gasteiger partial charge is 0.414 e. The molecular weight excluding hydrogens is 270 g/mol. The molecule has 1 aromatic heterocycles. The summed E-state index contributed by atoms with van der Waals surface area (Å²) in [6.45, 7) is 4.10. The largest absolute Gasteiger partial charge is 0.473 e. The van der Waals surface area contributed by atoms with Gasteiger partial charge in [-0.25, -0.2) is 14.6 Å². The molecule has 0 amide bonds. The van der Waals surface area contributed by atoms with E-state index in [1.807, 2.05) is 6.92 Å². The van der Waals surface area contributed by atoms with Gasteiger partial charge in [0.1, 0.15) is 10.8 Å². The number of nitrogens with zero attached hydrogens (tertiary/aromatic N) is 3. The van der Waals surface area contributed by atoms with Crippen molar-refractivity contribution < 1.29 is 19.8 Å². The summed E-state index contributed by atoms with van der Waals surface area (Å²) in [4.78, 5) is 24.9. The molecule has 0 saturated carbocycles. The maximum Gasteiger partial charge on any atom is 0.414 e. The second kappa shape index (κ2) is 6.95. The number of aryl methyl sites for hydroxylation is 1. The molecule has 0 bridgehead atoms. The third-order valence-corrected chi connectivity index (χ3v) is 3.21. The van der Waals surface area contributed by atoms with Gasteiger partial charge >= 0.3 is 11.9 Å². The van der Waals surface area contributed by atoms with Crippen LogP contribution in [0.1, 0.15) is 17.3 Å². The van der Waals surface area contributed by atoms with E-state index >= 15 is 0 Å². The van der Waals surface area contributed by atoms with Crippen molar-refractivity contribution in [2.45, 2.75) is 13.3 Å². The Morgan fingerprint density at radius 2 is 2.00 bits per heavy atom. The molecule has 0 aliphatic carbocycles. The first-order chi connectivity index (χ1) is 8.90. The van der Waals surface area contributed by atoms with Crippen LogP contribution in [0.4, 0.5) is 0 Å². The van der Waals surface area contributed by atoms with Gasteiger partial charge < -0.3 is 15.1 Å². The van der Waals surface area contributed by atoms with Gasteiger partial charge in [0.05, 0.1) is 0 Å². The maximum absolute atomic E-state index is 9.10. The van der Waals surface area contributed by atoms with Crippen molar-refractivity contribution >= 4 is 29.0 Å². The number of likely N-dealkylation sites (N-methyl/N-ethyl adjacent to an activating group) is 1. The topological polar surface area (TPSA) is 104 Å². The average molecular weight is 285 g/mol. The molecule has 0 saturated heterocycles. The summed E-state index contributed by atoms with van der Waals surface area (Å²) in [7, 11) is 2.14. The van der Waals surface area contributed by atoms with Crippen molar-refractivity contribution in [2.75, 3.05) is 20.1 Å². The second-order valence-corrected chi connectivity index (χ2v) is 4.76. The van der Waals surface area contributed by atoms with E-state index in [1.54, 1.807) is 0 Å². The van der Waals surface area contributed by atoms with Crippen LogP contribution in [-0.2, 0) is 9.59 Å². The highest BCUT2D eigenvalue weighted by molar-refractivity contribution is 7.06. The monoisotopic (exact) mass is 285 g/mol. The van der Waals surface area contributed by atoms with Crippen molar-refractivity contribution in [3.8, 4) is 0 Å². The Balaban J connectivity index is 0.000000258. The Labute approximate surface area is 114 Å². The number of hydrogen-bond donors (Lipinski definition) is 2. The summed E-state index contributed by atoms with van der Waals surface area (Å²) in [5, 5.41) is 15.9. The Morgan fingerprint density at radius 3 is 2.42 bits per heavy atom. The van der Waals surface area contributed by atoms with E-state index < -0.39 is 11.9 Å². The summed E-state index contributed by atoms with van der Waals surface area (Å²) in [6.07, 6.45) is 3.41. The van der Waals surface area contributed by atoms with E-state index in [1.165, 1.54) is 17.1 Å². The van der Waals surface area contributed by atoms with Crippen LogP contribution in [0.5, 0.6) is 0 Å². The number of aliphatic carboxylic acids is 2. The van der Waals surface area contributed by atoms with Gasteiger partial charge in [-0.05, 0) is 37.5 Å². The highest BCUT2D eigenvalue weighted by Crippen LogP contribution is 2.21. The van der Waals surface area contributed by atoms with Crippen molar-refractivity contribution in [3.63, 3.8) is 0 Å². The quantitative estimate of drug-likeness (QED) is 0.733. The van der Waals surface area contributed by atoms with Gasteiger partial charge in [0, 0.05) is 13.1 Å². The summed E-state index contributed by atoms with van der Waals surface area (Å²) >= 11 is 1.50. The second-order valence-electron chi connectivity index (χ2n) is 4.01. The van der Waals surface area contributed by atoms with E-state index in [9.17, 15) is 0 Å². The van der Waals surface area contributed by atoms with Gasteiger partial charge in [0.25, 0.3) is 0 Å². The summed E-state index contributed by atoms with van der Waals surface area (Å²) in [5.41, 5.74) is 1.33. The lowest BCUT2D eigenvalue weighted by Crippen LogP contribution is -2.24. The minimum absolute atomic E-state index is 0.883. The Hall–Kier alpha value is -1.80. The highest BCUT2D eigenvalue weighted by Gasteiger charge is 2.13. The molecule has 8 heteroatoms. The van der Waals surface area contributed by atoms with Gasteiger partial charge in [0.2, 0.25) is 0 Å². The molecule has 7 nitrogen and oxygen atoms in total. The van der Waals surface area contributed by atoms with Crippen LogP contribution < -0.4 is 0 Å². The van der Waals surface area contributed by atoms with E-state index in [0.29, 0.717) is 0 Å². The molecule has 0 aromatic carbocycles. The van der Waals surface area contributed by atoms with E-state index in [4.69, 9.17) is 19.8 Å². The molecule has 0 unspecified atom stereocenters. The molecule has 1 aliphatic rings. The van der Waals surface area contributed by atoms with E-state index in [2.05, 4.69) is 27.4 Å². The van der Waals surface area contributed by atoms with Gasteiger partial charge in [-0.2, -0.15) is 4.37 Å². The third-order valence-electron chi connectivity index (χ3n) is 2.33. The van der Waals surface area contributed by atoms with Gasteiger partial charge in [-0.1, -0.05) is 6.08 Å². The van der Waals surface area contributed by atoms with Crippen molar-refractivity contribution in [1.29, 1.82) is 0 Å². The standard InChI is InChI=1S/C9H13N3S.C2H2O4/c1-7-10-9(13-11-7)8-4-3-5-12(2)6-8;3-1(4)2(5)6/h4H,3,5-6H2,1-2H3;(H,3,4)(H,5,6). The molecule has 0 fully saturated rings. The molecule has 2 N–H and O–H groups in total. The third kappa shape index (κ3) is 5.14. The molecule has 1 aliphatic heterocycles. The lowest BCUT2D eigenvalue weighted by atomic mass is 10.1. The number of carboxylic acid groups (broad SMARTS) is 2. The SMILES string of the molecule is Cc1nsc(C2=CCCN(C)C2)n1.O=C(O)C(=O)O. The van der Waals surface area contributed by atoms with Crippen molar-refractivity contribution in [1.82, 2.24) is 14.3 Å². The molecule has 1 aromatic rings. The molecule has 104 valence electrons. The Kier molecular flexibility index (Phi) is 5.58. The zero-order valence-corrected chi connectivity index (χ0v) is 11.5. The van der Waals surface area contributed by atoms with Gasteiger partial charge in [0.15, 0.2) is 0 Å². The fourth-order valence-corrected chi connectivity index (χ4v) is 2.17. The Morgan fingerprint density at radius 1 is 1.37 bits per heavy atom. The van der Waals surface area contributed by atoms with Crippen LogP contribution in [0.3, 0.4) is 0 Å². The van der Waals surface area contributed by atoms with Crippen molar-refractivity contribution in [3.05, 3.63) is 16.9 Å². The maximum atomic E-state index is 9.10. The van der Waals surface area contributed by atoms with Crippen LogP contribution in [0.2, 0.25) is 0 Å². The first kappa shape index (κ1) is 15.3. The van der Waals surface area contributed by atoms with Gasteiger partial charge in [-0.3, -0.25) is 0 Å². The van der Waals surface area contributed by atoms with Crippen LogP contribution in [0.15, 0.2) is 6.08 Å². The first-order valence-corrected chi connectivity index (χ1v) is 6.32. The first-order valence-electron chi connectivity index (χ1n) is 5.54. The number of aromatic nitrogens is 2. The van der Waals surface area contributed by atoms with Crippen molar-refractivity contribution in [2.24, 2.45) is 0 Å². The zero-order valence-electron chi connectivity index (χ0n) is 10.7. The molecule has 0 atom stereocenters. The Bertz CT molecular complexity index is 486. The molecule has 0 spiro atoms. The lowest BCUT2D eigenvalue weighted by molar-refractivity contribution is -0.159. The van der Waals surface area contributed by atoms with Crippen LogP contribution >= 0.6 is 11.5 Å². The van der Waals surface area contributed by atoms with Crippen LogP contribution in [0.25, 0.3) is 5.57 Å². The summed E-state index contributed by atoms with van der Waals surface area (Å²) < 4.78 is 4.19. The van der Waals surface area contributed by atoms with Gasteiger partial charge in [-0.15, -0.1) is 0 Å². The van der Waals surface area contributed by atoms with Crippen LogP contribution in [0, 0.1) is 6.92 Å². The number of carboxylic acids is 2. The minimum atomic E-state index is -1.82. The predicted molar refractivity (Wildman–Crippen MR) is 70.0 cm³/mol. The summed E-state index contributed by atoms with van der Waals surface area (Å²) in [5.74, 6) is -2.76. The summed E-state index contributed by atoms with van der Waals surface area (Å²) in [6, 6.07) is 0. The number of hydrogen-bond acceptors (Lipinski definition) is 6. The molecule has 2 rings (SSSR count). The van der Waals surface area contributed by atoms with E-state index in [-0.39, 0.29) is 0 Å². The highest BCUT2D eigenvalue weighted by atomic mass is 32.1. The van der Waals surface area contributed by atoms with Crippen LogP contribution in [-0.4, -0.2) is 56.5 Å². The number of carbonyl (C=O) groups is 2. The normalized spacial score (nSPS) is 15.2. The molecule has 2 heterocycles. The fourth-order valence-electron chi connectivity index (χ4n) is 1.48. The molecule has 0 radical (unpaired) electrons. The predicted octanol–water partition coefficient (Wildman–Crippen LogP) is 0.721.